The molecule has 1 aliphatic heterocycles. The number of halogens is 1. The van der Waals surface area contributed by atoms with Crippen LogP contribution in [0.2, 0.25) is 0 Å². The molecule has 0 amide bonds. The largest absolute Gasteiger partial charge is 0.235 e. The second kappa shape index (κ2) is 4.11. The van der Waals surface area contributed by atoms with Crippen LogP contribution in [0.3, 0.4) is 0 Å². The highest BCUT2D eigenvalue weighted by molar-refractivity contribution is 7.09. The lowest BCUT2D eigenvalue weighted by Crippen LogP contribution is -1.91. The van der Waals surface area contributed by atoms with E-state index in [2.05, 4.69) is 11.1 Å². The smallest absolute Gasteiger partial charge is 0.138 e. The topological polar surface area (TPSA) is 36.1 Å². The number of aliphatic imine (C=N–C) groups is 1. The average Bonchev–Trinajstić information content (AvgIpc) is 2.92. The summed E-state index contributed by atoms with van der Waals surface area (Å²) in [5.74, 6) is 0. The van der Waals surface area contributed by atoms with Crippen LogP contribution in [0.25, 0.3) is 5.57 Å². The molecule has 0 radical (unpaired) electrons. The highest BCUT2D eigenvalue weighted by Gasteiger charge is 2.21. The molecule has 0 bridgehead atoms. The zero-order valence-electron chi connectivity index (χ0n) is 8.48. The lowest BCUT2D eigenvalue weighted by molar-refractivity contribution is 1.53. The minimum Gasteiger partial charge on any atom is -0.235 e. The minimum atomic E-state index is 0.488. The lowest BCUT2D eigenvalue weighted by atomic mass is 10.00. The van der Waals surface area contributed by atoms with Crippen LogP contribution >= 0.6 is 34.3 Å². The number of hydrogen-bond acceptors (Lipinski definition) is 4. The van der Waals surface area contributed by atoms with Crippen LogP contribution in [-0.4, -0.2) is 5.17 Å². The number of nitriles is 1. The van der Waals surface area contributed by atoms with E-state index >= 15 is 0 Å². The van der Waals surface area contributed by atoms with Gasteiger partial charge in [-0.05, 0) is 5.38 Å². The van der Waals surface area contributed by atoms with E-state index in [4.69, 9.17) is 16.9 Å². The zero-order chi connectivity index (χ0) is 11.8. The Bertz CT molecular complexity index is 685. The van der Waals surface area contributed by atoms with E-state index in [-0.39, 0.29) is 0 Å². The molecule has 0 saturated carbocycles. The summed E-state index contributed by atoms with van der Waals surface area (Å²) in [5.41, 5.74) is 4.61. The maximum Gasteiger partial charge on any atom is 0.138 e. The second-order valence-electron chi connectivity index (χ2n) is 3.46. The lowest BCUT2D eigenvalue weighted by Gasteiger charge is -2.02. The maximum absolute atomic E-state index is 8.91. The van der Waals surface area contributed by atoms with Crippen LogP contribution in [0.1, 0.15) is 16.7 Å². The van der Waals surface area contributed by atoms with E-state index in [1.807, 2.05) is 21.5 Å². The molecular weight excluding hydrogens is 272 g/mol. The maximum atomic E-state index is 8.91. The monoisotopic (exact) mass is 276 g/mol. The molecule has 3 rings (SSSR count). The molecule has 0 unspecified atom stereocenters. The number of hydrogen-bond donors (Lipinski definition) is 0. The quantitative estimate of drug-likeness (QED) is 0.657. The molecule has 1 aliphatic rings. The van der Waals surface area contributed by atoms with Gasteiger partial charge in [-0.3, -0.25) is 0 Å². The highest BCUT2D eigenvalue weighted by atomic mass is 35.5. The van der Waals surface area contributed by atoms with Crippen LogP contribution in [0.15, 0.2) is 32.6 Å². The number of nitrogens with zero attached hydrogens (tertiary/aromatic N) is 2. The fourth-order valence-corrected chi connectivity index (χ4v) is 3.68. The Labute approximate surface area is 111 Å². The molecule has 2 aromatic heterocycles. The standard InChI is InChI=1S/C12H5ClN2S2/c13-12-10-5-16-3-8(10)7(1-2-14)9-4-17-6-11(9)15-12/h1,3-6H/b7-1-. The van der Waals surface area contributed by atoms with Crippen molar-refractivity contribution >= 4 is 50.7 Å². The summed E-state index contributed by atoms with van der Waals surface area (Å²) in [4.78, 5) is 4.39. The van der Waals surface area contributed by atoms with Crippen molar-refractivity contribution in [2.45, 2.75) is 0 Å². The Morgan fingerprint density at radius 3 is 2.65 bits per heavy atom. The van der Waals surface area contributed by atoms with Crippen molar-refractivity contribution in [3.63, 3.8) is 0 Å². The summed E-state index contributed by atoms with van der Waals surface area (Å²) in [5, 5.41) is 17.3. The van der Waals surface area contributed by atoms with E-state index in [1.165, 1.54) is 0 Å². The molecule has 0 aromatic carbocycles. The van der Waals surface area contributed by atoms with Crippen molar-refractivity contribution < 1.29 is 0 Å². The van der Waals surface area contributed by atoms with Gasteiger partial charge in [-0.15, -0.1) is 11.3 Å². The Morgan fingerprint density at radius 2 is 1.82 bits per heavy atom. The minimum absolute atomic E-state index is 0.488. The van der Waals surface area contributed by atoms with Crippen molar-refractivity contribution in [1.29, 1.82) is 5.26 Å². The van der Waals surface area contributed by atoms with Gasteiger partial charge in [-0.25, -0.2) is 4.99 Å². The molecule has 0 saturated heterocycles. The molecule has 82 valence electrons. The van der Waals surface area contributed by atoms with E-state index in [0.717, 1.165) is 28.0 Å². The summed E-state index contributed by atoms with van der Waals surface area (Å²) >= 11 is 9.32. The van der Waals surface area contributed by atoms with Crippen LogP contribution in [-0.2, 0) is 0 Å². The van der Waals surface area contributed by atoms with Gasteiger partial charge in [0.1, 0.15) is 5.17 Å². The molecule has 5 heteroatoms. The van der Waals surface area contributed by atoms with Crippen LogP contribution in [0.5, 0.6) is 0 Å². The molecule has 0 N–H and O–H groups in total. The van der Waals surface area contributed by atoms with Gasteiger partial charge in [0.2, 0.25) is 0 Å². The molecule has 0 fully saturated rings. The predicted octanol–water partition coefficient (Wildman–Crippen LogP) is 4.40. The van der Waals surface area contributed by atoms with E-state index < -0.39 is 0 Å². The molecular formula is C12H5ClN2S2. The fraction of sp³-hybridized carbons (Fsp3) is 0. The van der Waals surface area contributed by atoms with Crippen molar-refractivity contribution in [2.75, 3.05) is 0 Å². The highest BCUT2D eigenvalue weighted by Crippen LogP contribution is 2.40. The molecule has 17 heavy (non-hydrogen) atoms. The first kappa shape index (κ1) is 10.7. The summed E-state index contributed by atoms with van der Waals surface area (Å²) in [7, 11) is 0. The van der Waals surface area contributed by atoms with Gasteiger partial charge in [0, 0.05) is 44.5 Å². The summed E-state index contributed by atoms with van der Waals surface area (Å²) in [6.45, 7) is 0. The normalized spacial score (nSPS) is 15.8. The predicted molar refractivity (Wildman–Crippen MR) is 73.4 cm³/mol. The molecule has 0 aliphatic carbocycles. The SMILES string of the molecule is N#C/C=C1\c2cscc2N=C(Cl)c2cscc21. The molecule has 3 heterocycles. The van der Waals surface area contributed by atoms with Gasteiger partial charge in [0.25, 0.3) is 0 Å². The Balaban J connectivity index is 2.37. The van der Waals surface area contributed by atoms with Crippen LogP contribution < -0.4 is 0 Å². The average molecular weight is 277 g/mol. The molecule has 0 atom stereocenters. The summed E-state index contributed by atoms with van der Waals surface area (Å²) < 4.78 is 0. The number of rotatable bonds is 0. The van der Waals surface area contributed by atoms with Crippen molar-refractivity contribution in [3.05, 3.63) is 44.3 Å². The van der Waals surface area contributed by atoms with E-state index in [0.29, 0.717) is 5.17 Å². The third-order valence-corrected chi connectivity index (χ3v) is 4.30. The zero-order valence-corrected chi connectivity index (χ0v) is 10.9. The van der Waals surface area contributed by atoms with Gasteiger partial charge in [-0.2, -0.15) is 16.6 Å². The Kier molecular flexibility index (Phi) is 2.60. The summed E-state index contributed by atoms with van der Waals surface area (Å²) in [6, 6.07) is 2.09. The Hall–Kier alpha value is -1.41. The number of fused-ring (bicyclic) bond motifs is 2. The number of allylic oxidation sites excluding steroid dienone is 1. The van der Waals surface area contributed by atoms with Gasteiger partial charge >= 0.3 is 0 Å². The fourth-order valence-electron chi connectivity index (χ4n) is 1.77. The third kappa shape index (κ3) is 1.64. The van der Waals surface area contributed by atoms with E-state index in [9.17, 15) is 0 Å². The van der Waals surface area contributed by atoms with Crippen molar-refractivity contribution in [3.8, 4) is 6.07 Å². The summed E-state index contributed by atoms with van der Waals surface area (Å²) in [6.07, 6.45) is 1.56. The molecule has 2 aromatic rings. The van der Waals surface area contributed by atoms with Gasteiger partial charge in [0.05, 0.1) is 11.8 Å². The molecule has 2 nitrogen and oxygen atoms in total. The van der Waals surface area contributed by atoms with Crippen LogP contribution in [0.4, 0.5) is 5.69 Å². The first-order valence-corrected chi connectivity index (χ1v) is 7.05. The van der Waals surface area contributed by atoms with Crippen molar-refractivity contribution in [1.82, 2.24) is 0 Å². The van der Waals surface area contributed by atoms with E-state index in [1.54, 1.807) is 28.7 Å². The van der Waals surface area contributed by atoms with Gasteiger partial charge in [-0.1, -0.05) is 11.6 Å². The number of thiophene rings is 2. The first-order chi connectivity index (χ1) is 8.31. The molecule has 0 spiro atoms. The van der Waals surface area contributed by atoms with Gasteiger partial charge in [0.15, 0.2) is 0 Å². The van der Waals surface area contributed by atoms with Crippen LogP contribution in [0, 0.1) is 11.3 Å². The third-order valence-electron chi connectivity index (χ3n) is 2.53. The second-order valence-corrected chi connectivity index (χ2v) is 5.30. The van der Waals surface area contributed by atoms with Crippen molar-refractivity contribution in [2.24, 2.45) is 4.99 Å². The Morgan fingerprint density at radius 1 is 1.12 bits per heavy atom. The first-order valence-electron chi connectivity index (χ1n) is 4.78. The van der Waals surface area contributed by atoms with Gasteiger partial charge < -0.3 is 0 Å².